The third-order valence-corrected chi connectivity index (χ3v) is 4.29. The zero-order valence-electron chi connectivity index (χ0n) is 13.0. The Morgan fingerprint density at radius 2 is 1.91 bits per heavy atom. The molecule has 0 unspecified atom stereocenters. The van der Waals surface area contributed by atoms with Gasteiger partial charge < -0.3 is 10.1 Å². The van der Waals surface area contributed by atoms with Crippen LogP contribution in [0.5, 0.6) is 5.75 Å². The van der Waals surface area contributed by atoms with Crippen LogP contribution in [0.2, 0.25) is 5.02 Å². The number of anilines is 1. The molecule has 0 aliphatic heterocycles. The van der Waals surface area contributed by atoms with E-state index >= 15 is 0 Å². The second kappa shape index (κ2) is 9.48. The molecule has 0 saturated heterocycles. The number of hydrogen-bond donors (Lipinski definition) is 1. The fourth-order valence-corrected chi connectivity index (χ4v) is 2.85. The van der Waals surface area contributed by atoms with Crippen molar-refractivity contribution >= 4 is 35.0 Å². The third kappa shape index (κ3) is 6.16. The Hall–Kier alpha value is -1.65. The summed E-state index contributed by atoms with van der Waals surface area (Å²) in [7, 11) is 0. The maximum absolute atomic E-state index is 12.1. The molecule has 0 bridgehead atoms. The molecule has 2 aromatic carbocycles. The van der Waals surface area contributed by atoms with Gasteiger partial charge in [-0.05, 0) is 36.2 Å². The highest BCUT2D eigenvalue weighted by Gasteiger charge is 2.07. The van der Waals surface area contributed by atoms with E-state index < -0.39 is 0 Å². The fourth-order valence-electron chi connectivity index (χ4n) is 1.94. The number of rotatable bonds is 8. The zero-order chi connectivity index (χ0) is 16.5. The van der Waals surface area contributed by atoms with Crippen molar-refractivity contribution in [2.45, 2.75) is 19.1 Å². The lowest BCUT2D eigenvalue weighted by Gasteiger charge is -2.11. The van der Waals surface area contributed by atoms with Crippen LogP contribution in [-0.4, -0.2) is 18.3 Å². The average Bonchev–Trinajstić information content (AvgIpc) is 2.56. The number of carbonyl (C=O) groups excluding carboxylic acids is 1. The quantitative estimate of drug-likeness (QED) is 0.728. The highest BCUT2D eigenvalue weighted by atomic mass is 35.5. The van der Waals surface area contributed by atoms with Gasteiger partial charge in [0.1, 0.15) is 5.75 Å². The molecule has 3 nitrogen and oxygen atoms in total. The Labute approximate surface area is 146 Å². The zero-order valence-corrected chi connectivity index (χ0v) is 14.6. The van der Waals surface area contributed by atoms with Gasteiger partial charge in [0.2, 0.25) is 5.91 Å². The van der Waals surface area contributed by atoms with E-state index in [0.29, 0.717) is 18.1 Å². The minimum absolute atomic E-state index is 0.0310. The molecule has 2 aromatic rings. The van der Waals surface area contributed by atoms with Gasteiger partial charge in [-0.2, -0.15) is 0 Å². The number of hydrogen-bond acceptors (Lipinski definition) is 3. The number of halogens is 1. The van der Waals surface area contributed by atoms with Crippen molar-refractivity contribution in [3.63, 3.8) is 0 Å². The van der Waals surface area contributed by atoms with Gasteiger partial charge in [-0.25, -0.2) is 0 Å². The van der Waals surface area contributed by atoms with E-state index in [2.05, 4.69) is 12.2 Å². The topological polar surface area (TPSA) is 38.3 Å². The Morgan fingerprint density at radius 3 is 2.65 bits per heavy atom. The fraction of sp³-hybridized carbons (Fsp3) is 0.278. The van der Waals surface area contributed by atoms with Gasteiger partial charge in [0, 0.05) is 10.8 Å². The highest BCUT2D eigenvalue weighted by Crippen LogP contribution is 2.24. The van der Waals surface area contributed by atoms with Gasteiger partial charge in [-0.15, -0.1) is 11.8 Å². The van der Waals surface area contributed by atoms with Crippen molar-refractivity contribution in [3.8, 4) is 5.75 Å². The van der Waals surface area contributed by atoms with E-state index in [0.717, 1.165) is 28.4 Å². The predicted octanol–water partition coefficient (Wildman–Crippen LogP) is 5.00. The predicted molar refractivity (Wildman–Crippen MR) is 98.5 cm³/mol. The van der Waals surface area contributed by atoms with E-state index in [-0.39, 0.29) is 5.91 Å². The number of amides is 1. The maximum Gasteiger partial charge on any atom is 0.234 e. The summed E-state index contributed by atoms with van der Waals surface area (Å²) in [6, 6.07) is 15.2. The van der Waals surface area contributed by atoms with Crippen LogP contribution in [0.25, 0.3) is 0 Å². The molecule has 1 amide bonds. The maximum atomic E-state index is 12.1. The van der Waals surface area contributed by atoms with Crippen LogP contribution in [0.3, 0.4) is 0 Å². The molecule has 122 valence electrons. The average molecular weight is 350 g/mol. The van der Waals surface area contributed by atoms with Crippen molar-refractivity contribution in [1.29, 1.82) is 0 Å². The molecule has 2 rings (SSSR count). The van der Waals surface area contributed by atoms with Gasteiger partial charge in [-0.3, -0.25) is 4.79 Å². The van der Waals surface area contributed by atoms with E-state index in [1.165, 1.54) is 0 Å². The molecule has 0 aliphatic rings. The molecule has 0 aromatic heterocycles. The van der Waals surface area contributed by atoms with Crippen LogP contribution in [0, 0.1) is 0 Å². The SMILES string of the molecule is CCCOc1ccccc1NC(=O)CSCc1ccc(Cl)cc1. The number of benzene rings is 2. The van der Waals surface area contributed by atoms with Crippen LogP contribution in [0.4, 0.5) is 5.69 Å². The minimum atomic E-state index is -0.0310. The number of para-hydroxylation sites is 2. The number of carbonyl (C=O) groups is 1. The van der Waals surface area contributed by atoms with Gasteiger partial charge in [-0.1, -0.05) is 42.8 Å². The third-order valence-electron chi connectivity index (χ3n) is 3.04. The van der Waals surface area contributed by atoms with Gasteiger partial charge in [0.05, 0.1) is 18.0 Å². The van der Waals surface area contributed by atoms with Crippen LogP contribution >= 0.6 is 23.4 Å². The molecule has 0 atom stereocenters. The van der Waals surface area contributed by atoms with Crippen molar-refractivity contribution in [2.75, 3.05) is 17.7 Å². The van der Waals surface area contributed by atoms with Crippen molar-refractivity contribution < 1.29 is 9.53 Å². The molecule has 0 aliphatic carbocycles. The van der Waals surface area contributed by atoms with Gasteiger partial charge >= 0.3 is 0 Å². The van der Waals surface area contributed by atoms with E-state index in [1.54, 1.807) is 11.8 Å². The van der Waals surface area contributed by atoms with Crippen LogP contribution in [0.1, 0.15) is 18.9 Å². The van der Waals surface area contributed by atoms with Gasteiger partial charge in [0.15, 0.2) is 0 Å². The minimum Gasteiger partial charge on any atom is -0.491 e. The normalized spacial score (nSPS) is 10.3. The van der Waals surface area contributed by atoms with E-state index in [1.807, 2.05) is 48.5 Å². The summed E-state index contributed by atoms with van der Waals surface area (Å²) in [5, 5.41) is 3.63. The van der Waals surface area contributed by atoms with Crippen molar-refractivity contribution in [1.82, 2.24) is 0 Å². The summed E-state index contributed by atoms with van der Waals surface area (Å²) in [6.07, 6.45) is 0.930. The Balaban J connectivity index is 1.81. The molecule has 1 N–H and O–H groups in total. The summed E-state index contributed by atoms with van der Waals surface area (Å²) >= 11 is 7.42. The van der Waals surface area contributed by atoms with Gasteiger partial charge in [0.25, 0.3) is 0 Å². The first kappa shape index (κ1) is 17.7. The standard InChI is InChI=1S/C18H20ClNO2S/c1-2-11-22-17-6-4-3-5-16(17)20-18(21)13-23-12-14-7-9-15(19)10-8-14/h3-10H,2,11-13H2,1H3,(H,20,21). The van der Waals surface area contributed by atoms with Crippen LogP contribution < -0.4 is 10.1 Å². The highest BCUT2D eigenvalue weighted by molar-refractivity contribution is 7.99. The summed E-state index contributed by atoms with van der Waals surface area (Å²) in [5.74, 6) is 1.85. The van der Waals surface area contributed by atoms with E-state index in [9.17, 15) is 4.79 Å². The Morgan fingerprint density at radius 1 is 1.17 bits per heavy atom. The number of nitrogens with one attached hydrogen (secondary N) is 1. The lowest BCUT2D eigenvalue weighted by molar-refractivity contribution is -0.113. The molecule has 23 heavy (non-hydrogen) atoms. The van der Waals surface area contributed by atoms with Crippen molar-refractivity contribution in [3.05, 3.63) is 59.1 Å². The Kier molecular flexibility index (Phi) is 7.30. The first-order valence-corrected chi connectivity index (χ1v) is 9.06. The smallest absolute Gasteiger partial charge is 0.234 e. The molecule has 0 saturated carbocycles. The first-order valence-electron chi connectivity index (χ1n) is 7.53. The summed E-state index contributed by atoms with van der Waals surface area (Å²) in [5.41, 5.74) is 1.87. The first-order chi connectivity index (χ1) is 11.2. The van der Waals surface area contributed by atoms with Crippen molar-refractivity contribution in [2.24, 2.45) is 0 Å². The lowest BCUT2D eigenvalue weighted by atomic mass is 10.2. The largest absolute Gasteiger partial charge is 0.491 e. The molecule has 5 heteroatoms. The summed E-state index contributed by atoms with van der Waals surface area (Å²) in [6.45, 7) is 2.69. The number of thioether (sulfide) groups is 1. The molecule has 0 fully saturated rings. The molecular formula is C18H20ClNO2S. The molecule has 0 radical (unpaired) electrons. The van der Waals surface area contributed by atoms with Crippen LogP contribution in [0.15, 0.2) is 48.5 Å². The second-order valence-electron chi connectivity index (χ2n) is 5.01. The lowest BCUT2D eigenvalue weighted by Crippen LogP contribution is -2.15. The second-order valence-corrected chi connectivity index (χ2v) is 6.43. The van der Waals surface area contributed by atoms with Crippen LogP contribution in [-0.2, 0) is 10.5 Å². The summed E-state index contributed by atoms with van der Waals surface area (Å²) in [4.78, 5) is 12.1. The Bertz CT molecular complexity index is 631. The monoisotopic (exact) mass is 349 g/mol. The molecule has 0 spiro atoms. The number of ether oxygens (including phenoxy) is 1. The van der Waals surface area contributed by atoms with E-state index in [4.69, 9.17) is 16.3 Å². The summed E-state index contributed by atoms with van der Waals surface area (Å²) < 4.78 is 5.64. The molecule has 0 heterocycles. The molecular weight excluding hydrogens is 330 g/mol.